The Morgan fingerprint density at radius 1 is 1.29 bits per heavy atom. The van der Waals surface area contributed by atoms with E-state index in [1.165, 1.54) is 12.8 Å². The number of piperidine rings is 1. The molecule has 2 saturated heterocycles. The third-order valence-corrected chi connectivity index (χ3v) is 4.46. The molecule has 6 nitrogen and oxygen atoms in total. The number of amides is 1. The smallest absolute Gasteiger partial charge is 0.271 e. The van der Waals surface area contributed by atoms with E-state index >= 15 is 0 Å². The Hall–Kier alpha value is -1.69. The lowest BCUT2D eigenvalue weighted by molar-refractivity contribution is 0.0531. The molecule has 3 heterocycles. The van der Waals surface area contributed by atoms with Crippen LogP contribution in [0.1, 0.15) is 36.2 Å². The van der Waals surface area contributed by atoms with Crippen LogP contribution in [0.3, 0.4) is 0 Å². The highest BCUT2D eigenvalue weighted by atomic mass is 16.5. The highest BCUT2D eigenvalue weighted by molar-refractivity contribution is 5.91. The molecule has 1 unspecified atom stereocenters. The maximum atomic E-state index is 11.4. The van der Waals surface area contributed by atoms with Gasteiger partial charge in [0, 0.05) is 26.7 Å². The Labute approximate surface area is 124 Å². The molecule has 2 aliphatic heterocycles. The van der Waals surface area contributed by atoms with Crippen molar-refractivity contribution in [3.63, 3.8) is 0 Å². The molecule has 0 radical (unpaired) electrons. The molecule has 2 aliphatic rings. The average Bonchev–Trinajstić information content (AvgIpc) is 3.09. The molecule has 1 aromatic heterocycles. The maximum Gasteiger partial charge on any atom is 0.271 e. The third-order valence-electron chi connectivity index (χ3n) is 4.46. The van der Waals surface area contributed by atoms with Crippen molar-refractivity contribution < 1.29 is 9.53 Å². The summed E-state index contributed by atoms with van der Waals surface area (Å²) in [6.45, 7) is 2.90. The zero-order valence-electron chi connectivity index (χ0n) is 12.4. The Kier molecular flexibility index (Phi) is 4.34. The van der Waals surface area contributed by atoms with Crippen LogP contribution >= 0.6 is 0 Å². The fraction of sp³-hybridized carbons (Fsp3) is 0.667. The molecule has 6 heteroatoms. The standard InChI is InChI=1S/C15H22N4O2/c1-16-15(20)12-4-5-14(18-17-12)19-8-6-11(7-9-19)13-3-2-10-21-13/h4-5,11,13H,2-3,6-10H2,1H3,(H,16,20). The predicted molar refractivity (Wildman–Crippen MR) is 79.3 cm³/mol. The lowest BCUT2D eigenvalue weighted by Gasteiger charge is -2.34. The molecule has 21 heavy (non-hydrogen) atoms. The Morgan fingerprint density at radius 3 is 2.67 bits per heavy atom. The minimum absolute atomic E-state index is 0.203. The molecule has 0 aromatic carbocycles. The van der Waals surface area contributed by atoms with E-state index in [-0.39, 0.29) is 5.91 Å². The van der Waals surface area contributed by atoms with Crippen LogP contribution < -0.4 is 10.2 Å². The highest BCUT2D eigenvalue weighted by Crippen LogP contribution is 2.30. The molecule has 0 spiro atoms. The van der Waals surface area contributed by atoms with Gasteiger partial charge in [-0.15, -0.1) is 10.2 Å². The second-order valence-electron chi connectivity index (χ2n) is 5.73. The summed E-state index contributed by atoms with van der Waals surface area (Å²) in [7, 11) is 1.59. The van der Waals surface area contributed by atoms with Gasteiger partial charge in [0.2, 0.25) is 0 Å². The van der Waals surface area contributed by atoms with Crippen LogP contribution in [0.25, 0.3) is 0 Å². The molecule has 0 aliphatic carbocycles. The van der Waals surface area contributed by atoms with E-state index in [4.69, 9.17) is 4.74 Å². The van der Waals surface area contributed by atoms with Crippen LogP contribution in [-0.4, -0.2) is 49.0 Å². The van der Waals surface area contributed by atoms with E-state index < -0.39 is 0 Å². The van der Waals surface area contributed by atoms with Gasteiger partial charge in [0.25, 0.3) is 5.91 Å². The van der Waals surface area contributed by atoms with Gasteiger partial charge in [-0.25, -0.2) is 0 Å². The molecule has 1 aromatic rings. The first-order valence-electron chi connectivity index (χ1n) is 7.70. The number of hydrogen-bond acceptors (Lipinski definition) is 5. The lowest BCUT2D eigenvalue weighted by Crippen LogP contribution is -2.38. The van der Waals surface area contributed by atoms with E-state index in [1.54, 1.807) is 13.1 Å². The van der Waals surface area contributed by atoms with Crippen molar-refractivity contribution in [3.05, 3.63) is 17.8 Å². The van der Waals surface area contributed by atoms with Crippen molar-refractivity contribution in [2.45, 2.75) is 31.8 Å². The summed E-state index contributed by atoms with van der Waals surface area (Å²) in [5.74, 6) is 1.33. The molecular weight excluding hydrogens is 268 g/mol. The number of nitrogens with one attached hydrogen (secondary N) is 1. The quantitative estimate of drug-likeness (QED) is 0.907. The molecule has 1 N–H and O–H groups in total. The molecule has 0 bridgehead atoms. The van der Waals surface area contributed by atoms with E-state index in [1.807, 2.05) is 6.07 Å². The number of rotatable bonds is 3. The Balaban J connectivity index is 1.57. The second-order valence-corrected chi connectivity index (χ2v) is 5.73. The lowest BCUT2D eigenvalue weighted by atomic mass is 9.90. The van der Waals surface area contributed by atoms with E-state index in [0.29, 0.717) is 17.7 Å². The Morgan fingerprint density at radius 2 is 2.10 bits per heavy atom. The number of hydrogen-bond donors (Lipinski definition) is 1. The van der Waals surface area contributed by atoms with Gasteiger partial charge in [-0.3, -0.25) is 4.79 Å². The SMILES string of the molecule is CNC(=O)c1ccc(N2CCC(C3CCCO3)CC2)nn1. The summed E-state index contributed by atoms with van der Waals surface area (Å²) in [5.41, 5.74) is 0.357. The van der Waals surface area contributed by atoms with Crippen LogP contribution in [0.4, 0.5) is 5.82 Å². The van der Waals surface area contributed by atoms with Crippen molar-refractivity contribution in [1.29, 1.82) is 0 Å². The minimum Gasteiger partial charge on any atom is -0.378 e. The van der Waals surface area contributed by atoms with Gasteiger partial charge in [-0.1, -0.05) is 0 Å². The normalized spacial score (nSPS) is 23.3. The van der Waals surface area contributed by atoms with Crippen LogP contribution in [0.2, 0.25) is 0 Å². The van der Waals surface area contributed by atoms with Gasteiger partial charge >= 0.3 is 0 Å². The summed E-state index contributed by atoms with van der Waals surface area (Å²) in [6.07, 6.45) is 5.17. The first-order valence-corrected chi connectivity index (χ1v) is 7.70. The molecule has 3 rings (SSSR count). The van der Waals surface area contributed by atoms with Crippen molar-refractivity contribution >= 4 is 11.7 Å². The first kappa shape index (κ1) is 14.3. The van der Waals surface area contributed by atoms with Crippen LogP contribution in [-0.2, 0) is 4.74 Å². The van der Waals surface area contributed by atoms with E-state index in [2.05, 4.69) is 20.4 Å². The summed E-state index contributed by atoms with van der Waals surface area (Å²) < 4.78 is 5.80. The maximum absolute atomic E-state index is 11.4. The van der Waals surface area contributed by atoms with E-state index in [9.17, 15) is 4.79 Å². The Bertz CT molecular complexity index is 477. The summed E-state index contributed by atoms with van der Waals surface area (Å²) in [4.78, 5) is 13.7. The van der Waals surface area contributed by atoms with E-state index in [0.717, 1.165) is 38.4 Å². The van der Waals surface area contributed by atoms with Gasteiger partial charge in [-0.05, 0) is 43.7 Å². The minimum atomic E-state index is -0.203. The first-order chi connectivity index (χ1) is 10.3. The largest absolute Gasteiger partial charge is 0.378 e. The monoisotopic (exact) mass is 290 g/mol. The molecule has 114 valence electrons. The third kappa shape index (κ3) is 3.15. The number of anilines is 1. The summed E-state index contributed by atoms with van der Waals surface area (Å²) >= 11 is 0. The molecule has 2 fully saturated rings. The van der Waals surface area contributed by atoms with Gasteiger partial charge in [0.15, 0.2) is 11.5 Å². The topological polar surface area (TPSA) is 67.4 Å². The fourth-order valence-corrected chi connectivity index (χ4v) is 3.22. The fourth-order valence-electron chi connectivity index (χ4n) is 3.22. The highest BCUT2D eigenvalue weighted by Gasteiger charge is 2.29. The van der Waals surface area contributed by atoms with Crippen LogP contribution in [0.15, 0.2) is 12.1 Å². The van der Waals surface area contributed by atoms with Crippen LogP contribution in [0.5, 0.6) is 0 Å². The van der Waals surface area contributed by atoms with Crippen molar-refractivity contribution in [1.82, 2.24) is 15.5 Å². The molecule has 0 saturated carbocycles. The predicted octanol–water partition coefficient (Wildman–Crippen LogP) is 1.23. The molecular formula is C15H22N4O2. The second kappa shape index (κ2) is 6.39. The zero-order chi connectivity index (χ0) is 14.7. The summed E-state index contributed by atoms with van der Waals surface area (Å²) in [6, 6.07) is 3.61. The van der Waals surface area contributed by atoms with Gasteiger partial charge in [0.1, 0.15) is 0 Å². The number of carbonyl (C=O) groups is 1. The zero-order valence-corrected chi connectivity index (χ0v) is 12.4. The number of nitrogens with zero attached hydrogens (tertiary/aromatic N) is 3. The molecule has 1 atom stereocenters. The van der Waals surface area contributed by atoms with Gasteiger partial charge in [0.05, 0.1) is 6.10 Å². The summed E-state index contributed by atoms with van der Waals surface area (Å²) in [5, 5.41) is 10.7. The van der Waals surface area contributed by atoms with Crippen LogP contribution in [0, 0.1) is 5.92 Å². The van der Waals surface area contributed by atoms with Crippen molar-refractivity contribution in [2.75, 3.05) is 31.6 Å². The number of aromatic nitrogens is 2. The average molecular weight is 290 g/mol. The van der Waals surface area contributed by atoms with Gasteiger partial charge < -0.3 is 15.0 Å². The van der Waals surface area contributed by atoms with Gasteiger partial charge in [-0.2, -0.15) is 0 Å². The number of carbonyl (C=O) groups excluding carboxylic acids is 1. The van der Waals surface area contributed by atoms with Crippen molar-refractivity contribution in [3.8, 4) is 0 Å². The molecule has 1 amide bonds. The number of ether oxygens (including phenoxy) is 1. The van der Waals surface area contributed by atoms with Crippen molar-refractivity contribution in [2.24, 2.45) is 5.92 Å².